The van der Waals surface area contributed by atoms with Gasteiger partial charge in [0.05, 0.1) is 0 Å². The van der Waals surface area contributed by atoms with Crippen molar-refractivity contribution in [3.63, 3.8) is 0 Å². The molecule has 2 aliphatic rings. The van der Waals surface area contributed by atoms with Gasteiger partial charge in [0.25, 0.3) is 0 Å². The molecule has 0 spiro atoms. The first-order valence-corrected chi connectivity index (χ1v) is 21.0. The normalized spacial score (nSPS) is 15.4. The van der Waals surface area contributed by atoms with E-state index in [1.807, 2.05) is 0 Å². The van der Waals surface area contributed by atoms with E-state index in [9.17, 15) is 0 Å². The highest BCUT2D eigenvalue weighted by atomic mass is 79.9. The minimum Gasteiger partial charge on any atom is -0.364 e. The molecular formula is C50H53BrN2. The predicted octanol–water partition coefficient (Wildman–Crippen LogP) is 13.5. The fraction of sp³-hybridized carbons (Fsp3) is 0.320. The quantitative estimate of drug-likeness (QED) is 0.123. The van der Waals surface area contributed by atoms with Crippen molar-refractivity contribution in [1.82, 2.24) is 0 Å². The minimum absolute atomic E-state index is 0.587. The van der Waals surface area contributed by atoms with Crippen molar-refractivity contribution in [2.24, 2.45) is 0 Å². The molecule has 0 radical (unpaired) electrons. The zero-order valence-corrected chi connectivity index (χ0v) is 32.7. The van der Waals surface area contributed by atoms with Gasteiger partial charge in [-0.1, -0.05) is 164 Å². The average molecular weight is 762 g/mol. The molecule has 8 rings (SSSR count). The molecule has 53 heavy (non-hydrogen) atoms. The molecule has 6 aromatic rings. The minimum atomic E-state index is 0.587. The zero-order valence-electron chi connectivity index (χ0n) is 31.1. The molecule has 0 amide bonds. The maximum Gasteiger partial charge on any atom is 0.0432 e. The van der Waals surface area contributed by atoms with Gasteiger partial charge >= 0.3 is 0 Å². The summed E-state index contributed by atoms with van der Waals surface area (Å²) in [6.45, 7) is 1.92. The fourth-order valence-electron chi connectivity index (χ4n) is 9.14. The highest BCUT2D eigenvalue weighted by Crippen LogP contribution is 2.36. The first-order valence-electron chi connectivity index (χ1n) is 20.2. The molecule has 2 aliphatic carbocycles. The number of benzene rings is 6. The lowest BCUT2D eigenvalue weighted by molar-refractivity contribution is 0.413. The van der Waals surface area contributed by atoms with Gasteiger partial charge in [-0.2, -0.15) is 0 Å². The van der Waals surface area contributed by atoms with Crippen molar-refractivity contribution < 1.29 is 0 Å². The number of fused-ring (bicyclic) bond motifs is 1. The van der Waals surface area contributed by atoms with Crippen molar-refractivity contribution in [1.29, 1.82) is 0 Å². The lowest BCUT2D eigenvalue weighted by Gasteiger charge is -2.36. The third kappa shape index (κ3) is 8.73. The summed E-state index contributed by atoms with van der Waals surface area (Å²) in [5.41, 5.74) is 11.1. The number of halogens is 1. The van der Waals surface area contributed by atoms with E-state index >= 15 is 0 Å². The lowest BCUT2D eigenvalue weighted by Crippen LogP contribution is -2.36. The monoisotopic (exact) mass is 760 g/mol. The number of hydrogen-bond acceptors (Lipinski definition) is 2. The van der Waals surface area contributed by atoms with Crippen LogP contribution in [0.2, 0.25) is 0 Å². The Morgan fingerprint density at radius 1 is 0.453 bits per heavy atom. The van der Waals surface area contributed by atoms with Crippen LogP contribution in [0, 0.1) is 0 Å². The van der Waals surface area contributed by atoms with E-state index in [-0.39, 0.29) is 0 Å². The molecular weight excluding hydrogens is 708 g/mol. The van der Waals surface area contributed by atoms with E-state index in [2.05, 4.69) is 165 Å². The molecule has 3 heteroatoms. The molecule has 6 aromatic carbocycles. The molecule has 0 N–H and O–H groups in total. The summed E-state index contributed by atoms with van der Waals surface area (Å²) in [7, 11) is 0. The Balaban J connectivity index is 1.12. The standard InChI is InChI=1S/C50H53BrN2/c51-49-29-15-22-42-30-31-43(32-40-20-13-27-46(33-40)52(44-23-9-3-10-24-44)36-38-16-5-1-6-17-38)48(50(42)49)35-41-21-14-28-47(34-41)53(45-25-11-4-12-26-45)37-39-18-7-2-8-19-39/h1-2,5-8,13-22,27-31,33-34,44-45H,3-4,9-12,23-26,32,35-37H2. The van der Waals surface area contributed by atoms with Gasteiger partial charge in [-0.15, -0.1) is 0 Å². The van der Waals surface area contributed by atoms with Crippen molar-refractivity contribution in [2.75, 3.05) is 9.80 Å². The Morgan fingerprint density at radius 2 is 0.943 bits per heavy atom. The highest BCUT2D eigenvalue weighted by Gasteiger charge is 2.24. The second kappa shape index (κ2) is 17.2. The second-order valence-electron chi connectivity index (χ2n) is 15.5. The Kier molecular flexibility index (Phi) is 11.6. The molecule has 0 heterocycles. The SMILES string of the molecule is Brc1cccc2ccc(Cc3cccc(N(Cc4ccccc4)C4CCCCC4)c3)c(Cc3cccc(N(Cc4ccccc4)C4CCCCC4)c3)c12. The van der Waals surface area contributed by atoms with Crippen LogP contribution in [0.5, 0.6) is 0 Å². The fourth-order valence-corrected chi connectivity index (χ4v) is 9.76. The number of anilines is 2. The van der Waals surface area contributed by atoms with Crippen molar-refractivity contribution in [3.05, 3.63) is 177 Å². The molecule has 2 nitrogen and oxygen atoms in total. The molecule has 0 aliphatic heterocycles. The average Bonchev–Trinajstić information content (AvgIpc) is 3.21. The summed E-state index contributed by atoms with van der Waals surface area (Å²) < 4.78 is 1.18. The molecule has 0 unspecified atom stereocenters. The first-order chi connectivity index (χ1) is 26.2. The van der Waals surface area contributed by atoms with Crippen molar-refractivity contribution >= 4 is 38.1 Å². The van der Waals surface area contributed by atoms with Crippen LogP contribution in [0.4, 0.5) is 11.4 Å². The Bertz CT molecular complexity index is 2080. The number of hydrogen-bond donors (Lipinski definition) is 0. The van der Waals surface area contributed by atoms with Crippen molar-refractivity contribution in [3.8, 4) is 0 Å². The number of rotatable bonds is 12. The van der Waals surface area contributed by atoms with Gasteiger partial charge in [-0.3, -0.25) is 0 Å². The lowest BCUT2D eigenvalue weighted by atomic mass is 9.89. The van der Waals surface area contributed by atoms with E-state index < -0.39 is 0 Å². The van der Waals surface area contributed by atoms with Crippen LogP contribution in [0.3, 0.4) is 0 Å². The third-order valence-electron chi connectivity index (χ3n) is 11.9. The molecule has 0 saturated heterocycles. The van der Waals surface area contributed by atoms with Gasteiger partial charge in [0.15, 0.2) is 0 Å². The Labute approximate surface area is 326 Å². The molecule has 0 aromatic heterocycles. The Hall–Kier alpha value is -4.34. The summed E-state index contributed by atoms with van der Waals surface area (Å²) in [6, 6.07) is 53.6. The topological polar surface area (TPSA) is 6.48 Å². The van der Waals surface area contributed by atoms with E-state index in [1.165, 1.54) is 124 Å². The highest BCUT2D eigenvalue weighted by molar-refractivity contribution is 9.10. The van der Waals surface area contributed by atoms with Crippen LogP contribution in [-0.2, 0) is 25.9 Å². The van der Waals surface area contributed by atoms with Gasteiger partial charge in [-0.25, -0.2) is 0 Å². The summed E-state index contributed by atoms with van der Waals surface area (Å²) in [5.74, 6) is 0. The second-order valence-corrected chi connectivity index (χ2v) is 16.4. The summed E-state index contributed by atoms with van der Waals surface area (Å²) in [5, 5.41) is 2.63. The van der Waals surface area contributed by atoms with Crippen LogP contribution in [0.1, 0.15) is 97.6 Å². The first kappa shape index (κ1) is 35.7. The molecule has 2 saturated carbocycles. The van der Waals surface area contributed by atoms with Crippen LogP contribution in [-0.4, -0.2) is 12.1 Å². The van der Waals surface area contributed by atoms with Gasteiger partial charge in [-0.05, 0) is 113 Å². The third-order valence-corrected chi connectivity index (χ3v) is 12.5. The van der Waals surface area contributed by atoms with Crippen LogP contribution in [0.25, 0.3) is 10.8 Å². The van der Waals surface area contributed by atoms with E-state index in [0.717, 1.165) is 25.9 Å². The van der Waals surface area contributed by atoms with Crippen LogP contribution >= 0.6 is 15.9 Å². The maximum atomic E-state index is 4.00. The predicted molar refractivity (Wildman–Crippen MR) is 229 cm³/mol. The summed E-state index contributed by atoms with van der Waals surface area (Å²) >= 11 is 4.00. The van der Waals surface area contributed by atoms with E-state index in [1.54, 1.807) is 0 Å². The smallest absolute Gasteiger partial charge is 0.0432 e. The van der Waals surface area contributed by atoms with E-state index in [4.69, 9.17) is 0 Å². The van der Waals surface area contributed by atoms with Gasteiger partial charge in [0, 0.05) is 41.0 Å². The maximum absolute atomic E-state index is 4.00. The Morgan fingerprint density at radius 3 is 1.49 bits per heavy atom. The van der Waals surface area contributed by atoms with Crippen LogP contribution in [0.15, 0.2) is 144 Å². The number of nitrogens with zero attached hydrogens (tertiary/aromatic N) is 2. The molecule has 2 fully saturated rings. The molecule has 0 atom stereocenters. The summed E-state index contributed by atoms with van der Waals surface area (Å²) in [6.07, 6.45) is 15.0. The van der Waals surface area contributed by atoms with Crippen LogP contribution < -0.4 is 9.80 Å². The van der Waals surface area contributed by atoms with E-state index in [0.29, 0.717) is 12.1 Å². The molecule has 0 bridgehead atoms. The van der Waals surface area contributed by atoms with Crippen molar-refractivity contribution in [2.45, 2.75) is 102 Å². The summed E-state index contributed by atoms with van der Waals surface area (Å²) in [4.78, 5) is 5.41. The van der Waals surface area contributed by atoms with Gasteiger partial charge in [0.2, 0.25) is 0 Å². The van der Waals surface area contributed by atoms with Gasteiger partial charge < -0.3 is 9.80 Å². The van der Waals surface area contributed by atoms with Gasteiger partial charge in [0.1, 0.15) is 0 Å². The zero-order chi connectivity index (χ0) is 35.8. The molecule has 270 valence electrons. The largest absolute Gasteiger partial charge is 0.364 e.